The molecule has 2 aromatic heterocycles. The molecule has 0 fully saturated rings. The summed E-state index contributed by atoms with van der Waals surface area (Å²) in [6.07, 6.45) is 1.67. The van der Waals surface area contributed by atoms with Gasteiger partial charge in [0.15, 0.2) is 5.78 Å². The second kappa shape index (κ2) is 7.71. The van der Waals surface area contributed by atoms with Gasteiger partial charge in [-0.15, -0.1) is 0 Å². The molecule has 4 nitrogen and oxygen atoms in total. The summed E-state index contributed by atoms with van der Waals surface area (Å²) in [6, 6.07) is 16.8. The topological polar surface area (TPSA) is 52.0 Å². The highest BCUT2D eigenvalue weighted by molar-refractivity contribution is 6.09. The Morgan fingerprint density at radius 2 is 1.60 bits per heavy atom. The molecule has 0 bridgehead atoms. The van der Waals surface area contributed by atoms with Crippen LogP contribution in [0.4, 0.5) is 0 Å². The van der Waals surface area contributed by atoms with Crippen LogP contribution < -0.4 is 5.43 Å². The van der Waals surface area contributed by atoms with Crippen molar-refractivity contribution < 1.29 is 4.79 Å². The first-order chi connectivity index (χ1) is 14.3. The van der Waals surface area contributed by atoms with Crippen LogP contribution in [-0.4, -0.2) is 15.3 Å². The fraction of sp³-hybridized carbons (Fsp3) is 0.192. The number of rotatable bonds is 4. The average molecular weight is 396 g/mol. The summed E-state index contributed by atoms with van der Waals surface area (Å²) in [5.74, 6) is -0.269. The lowest BCUT2D eigenvalue weighted by molar-refractivity contribution is 0.103. The van der Waals surface area contributed by atoms with Crippen LogP contribution in [0.3, 0.4) is 0 Å². The third-order valence-electron chi connectivity index (χ3n) is 5.51. The molecule has 0 N–H and O–H groups in total. The van der Waals surface area contributed by atoms with Crippen LogP contribution in [0.1, 0.15) is 43.9 Å². The number of pyridine rings is 2. The van der Waals surface area contributed by atoms with Gasteiger partial charge < -0.3 is 4.57 Å². The maximum absolute atomic E-state index is 13.2. The van der Waals surface area contributed by atoms with Crippen molar-refractivity contribution in [3.8, 4) is 0 Å². The van der Waals surface area contributed by atoms with Crippen molar-refractivity contribution in [3.63, 3.8) is 0 Å². The van der Waals surface area contributed by atoms with Crippen molar-refractivity contribution in [2.24, 2.45) is 0 Å². The Labute approximate surface area is 175 Å². The molecule has 0 aliphatic carbocycles. The molecule has 4 aromatic rings. The van der Waals surface area contributed by atoms with E-state index in [9.17, 15) is 9.59 Å². The first-order valence-electron chi connectivity index (χ1n) is 10.0. The Balaban J connectivity index is 1.95. The summed E-state index contributed by atoms with van der Waals surface area (Å²) in [4.78, 5) is 30.9. The molecule has 0 aliphatic rings. The summed E-state index contributed by atoms with van der Waals surface area (Å²) < 4.78 is 1.94. The fourth-order valence-corrected chi connectivity index (χ4v) is 4.02. The van der Waals surface area contributed by atoms with Gasteiger partial charge in [0, 0.05) is 24.0 Å². The predicted octanol–water partition coefficient (Wildman–Crippen LogP) is 4.91. The molecule has 0 amide bonds. The van der Waals surface area contributed by atoms with E-state index in [1.165, 1.54) is 22.3 Å². The van der Waals surface area contributed by atoms with E-state index in [0.29, 0.717) is 23.1 Å². The summed E-state index contributed by atoms with van der Waals surface area (Å²) in [6.45, 7) is 8.71. The van der Waals surface area contributed by atoms with E-state index in [2.05, 4.69) is 37.9 Å². The number of fused-ring (bicyclic) bond motifs is 1. The van der Waals surface area contributed by atoms with E-state index in [4.69, 9.17) is 0 Å². The number of benzene rings is 2. The molecular formula is C26H24N2O2. The Kier molecular flexibility index (Phi) is 5.08. The van der Waals surface area contributed by atoms with Crippen molar-refractivity contribution in [3.05, 3.63) is 110 Å². The van der Waals surface area contributed by atoms with Crippen LogP contribution in [0.15, 0.2) is 65.6 Å². The van der Waals surface area contributed by atoms with E-state index in [1.54, 1.807) is 36.5 Å². The lowest BCUT2D eigenvalue weighted by atomic mass is 9.99. The molecule has 4 heteroatoms. The number of nitrogens with zero attached hydrogens (tertiary/aromatic N) is 2. The largest absolute Gasteiger partial charge is 0.327 e. The van der Waals surface area contributed by atoms with Crippen molar-refractivity contribution >= 4 is 16.8 Å². The van der Waals surface area contributed by atoms with Gasteiger partial charge in [-0.3, -0.25) is 9.59 Å². The summed E-state index contributed by atoms with van der Waals surface area (Å²) in [5, 5.41) is 0.463. The smallest absolute Gasteiger partial charge is 0.202 e. The van der Waals surface area contributed by atoms with Crippen LogP contribution in [0, 0.1) is 27.7 Å². The number of ketones is 1. The third kappa shape index (κ3) is 3.57. The van der Waals surface area contributed by atoms with Gasteiger partial charge in [0.2, 0.25) is 5.43 Å². The summed E-state index contributed by atoms with van der Waals surface area (Å²) in [7, 11) is 0. The van der Waals surface area contributed by atoms with Gasteiger partial charge in [0.05, 0.1) is 10.9 Å². The van der Waals surface area contributed by atoms with E-state index in [1.807, 2.05) is 23.6 Å². The highest BCUT2D eigenvalue weighted by atomic mass is 16.1. The van der Waals surface area contributed by atoms with E-state index >= 15 is 0 Å². The molecule has 0 aliphatic heterocycles. The zero-order valence-electron chi connectivity index (χ0n) is 17.7. The molecule has 0 saturated carbocycles. The molecule has 30 heavy (non-hydrogen) atoms. The molecule has 150 valence electrons. The zero-order chi connectivity index (χ0) is 21.4. The van der Waals surface area contributed by atoms with Gasteiger partial charge in [-0.25, -0.2) is 4.98 Å². The lowest BCUT2D eigenvalue weighted by Gasteiger charge is -2.17. The van der Waals surface area contributed by atoms with Crippen LogP contribution in [0.2, 0.25) is 0 Å². The number of aromatic nitrogens is 2. The maximum atomic E-state index is 13.2. The maximum Gasteiger partial charge on any atom is 0.202 e. The third-order valence-corrected chi connectivity index (χ3v) is 5.51. The van der Waals surface area contributed by atoms with Crippen molar-refractivity contribution in [2.75, 3.05) is 0 Å². The Bertz CT molecular complexity index is 1310. The summed E-state index contributed by atoms with van der Waals surface area (Å²) in [5.41, 5.74) is 6.58. The fourth-order valence-electron chi connectivity index (χ4n) is 4.02. The minimum Gasteiger partial charge on any atom is -0.327 e. The summed E-state index contributed by atoms with van der Waals surface area (Å²) >= 11 is 0. The minimum atomic E-state index is -0.278. The van der Waals surface area contributed by atoms with E-state index in [0.717, 1.165) is 5.69 Å². The highest BCUT2D eigenvalue weighted by Gasteiger charge is 2.18. The monoisotopic (exact) mass is 396 g/mol. The average Bonchev–Trinajstić information content (AvgIpc) is 2.72. The SMILES string of the molecule is Cc1cc(C)c(Cn2cc(C(=O)c3ccccc3)c(=O)c3ccc(C)nc32)c(C)c1. The van der Waals surface area contributed by atoms with Crippen molar-refractivity contribution in [1.29, 1.82) is 0 Å². The second-order valence-corrected chi connectivity index (χ2v) is 7.90. The van der Waals surface area contributed by atoms with E-state index in [-0.39, 0.29) is 16.8 Å². The molecule has 2 heterocycles. The van der Waals surface area contributed by atoms with Gasteiger partial charge in [-0.2, -0.15) is 0 Å². The second-order valence-electron chi connectivity index (χ2n) is 7.90. The molecule has 0 radical (unpaired) electrons. The van der Waals surface area contributed by atoms with Gasteiger partial charge in [0.1, 0.15) is 5.65 Å². The van der Waals surface area contributed by atoms with Gasteiger partial charge in [-0.1, -0.05) is 48.0 Å². The molecule has 4 rings (SSSR count). The Hall–Kier alpha value is -3.53. The van der Waals surface area contributed by atoms with Crippen LogP contribution in [0.5, 0.6) is 0 Å². The Morgan fingerprint density at radius 3 is 2.27 bits per heavy atom. The molecular weight excluding hydrogens is 372 g/mol. The molecule has 0 saturated heterocycles. The minimum absolute atomic E-state index is 0.168. The number of carbonyl (C=O) groups is 1. The number of hydrogen-bond acceptors (Lipinski definition) is 3. The van der Waals surface area contributed by atoms with Gasteiger partial charge in [0.25, 0.3) is 0 Å². The van der Waals surface area contributed by atoms with Crippen LogP contribution in [0.25, 0.3) is 11.0 Å². The standard InChI is InChI=1S/C26H24N2O2/c1-16-12-17(2)22(18(3)13-16)14-28-15-23(24(29)20-8-6-5-7-9-20)25(30)21-11-10-19(4)27-26(21)28/h5-13,15H,14H2,1-4H3. The predicted molar refractivity (Wildman–Crippen MR) is 120 cm³/mol. The van der Waals surface area contributed by atoms with Gasteiger partial charge in [-0.05, 0) is 56.5 Å². The number of carbonyl (C=O) groups excluding carboxylic acids is 1. The first kappa shape index (κ1) is 19.8. The number of aryl methyl sites for hydroxylation is 4. The molecule has 0 spiro atoms. The van der Waals surface area contributed by atoms with Crippen molar-refractivity contribution in [2.45, 2.75) is 34.2 Å². The van der Waals surface area contributed by atoms with Gasteiger partial charge >= 0.3 is 0 Å². The Morgan fingerprint density at radius 1 is 0.933 bits per heavy atom. The lowest BCUT2D eigenvalue weighted by Crippen LogP contribution is -2.21. The quantitative estimate of drug-likeness (QED) is 0.461. The zero-order valence-corrected chi connectivity index (χ0v) is 17.7. The van der Waals surface area contributed by atoms with Crippen LogP contribution >= 0.6 is 0 Å². The number of hydrogen-bond donors (Lipinski definition) is 0. The molecule has 0 atom stereocenters. The molecule has 0 unspecified atom stereocenters. The van der Waals surface area contributed by atoms with E-state index < -0.39 is 0 Å². The van der Waals surface area contributed by atoms with Crippen molar-refractivity contribution in [1.82, 2.24) is 9.55 Å². The highest BCUT2D eigenvalue weighted by Crippen LogP contribution is 2.21. The molecule has 2 aromatic carbocycles. The van der Waals surface area contributed by atoms with Crippen LogP contribution in [-0.2, 0) is 6.54 Å². The first-order valence-corrected chi connectivity index (χ1v) is 10.0. The normalized spacial score (nSPS) is 11.1.